The topological polar surface area (TPSA) is 64.3 Å². The summed E-state index contributed by atoms with van der Waals surface area (Å²) in [4.78, 5) is 12.3. The summed E-state index contributed by atoms with van der Waals surface area (Å²) in [6, 6.07) is 8.32. The van der Waals surface area contributed by atoms with Gasteiger partial charge in [0.25, 0.3) is 0 Å². The maximum Gasteiger partial charge on any atom is 0.245 e. The number of methoxy groups -OCH3 is 1. The molecule has 0 aromatic heterocycles. The molecule has 6 heteroatoms. The van der Waals surface area contributed by atoms with Crippen LogP contribution in [0.5, 0.6) is 0 Å². The molecular weight excluding hydrogens is 338 g/mol. The van der Waals surface area contributed by atoms with Crippen molar-refractivity contribution >= 4 is 11.6 Å². The summed E-state index contributed by atoms with van der Waals surface area (Å²) < 4.78 is 33.6. The van der Waals surface area contributed by atoms with Crippen molar-refractivity contribution in [3.05, 3.63) is 64.7 Å². The van der Waals surface area contributed by atoms with E-state index in [1.54, 1.807) is 40.0 Å². The zero-order valence-corrected chi connectivity index (χ0v) is 15.4. The molecule has 1 amide bonds. The van der Waals surface area contributed by atoms with Gasteiger partial charge in [-0.1, -0.05) is 45.0 Å². The highest BCUT2D eigenvalue weighted by Crippen LogP contribution is 2.30. The van der Waals surface area contributed by atoms with Crippen LogP contribution in [0.25, 0.3) is 0 Å². The van der Waals surface area contributed by atoms with Crippen LogP contribution in [0.4, 0.5) is 14.5 Å². The molecule has 0 bridgehead atoms. The number of ether oxygens (including phenoxy) is 1. The van der Waals surface area contributed by atoms with E-state index in [1.165, 1.54) is 0 Å². The summed E-state index contributed by atoms with van der Waals surface area (Å²) in [5.41, 5.74) is 6.83. The van der Waals surface area contributed by atoms with Gasteiger partial charge in [0.05, 0.1) is 6.61 Å². The summed E-state index contributed by atoms with van der Waals surface area (Å²) >= 11 is 0. The summed E-state index contributed by atoms with van der Waals surface area (Å²) in [6.45, 7) is 5.61. The molecule has 0 radical (unpaired) electrons. The van der Waals surface area contributed by atoms with Crippen molar-refractivity contribution in [3.63, 3.8) is 0 Å². The number of anilines is 1. The number of nitrogens with one attached hydrogen (secondary N) is 1. The maximum atomic E-state index is 14.3. The quantitative estimate of drug-likeness (QED) is 0.843. The first-order valence-electron chi connectivity index (χ1n) is 8.27. The molecule has 2 rings (SSSR count). The van der Waals surface area contributed by atoms with E-state index in [1.807, 2.05) is 12.1 Å². The number of benzene rings is 2. The van der Waals surface area contributed by atoms with Crippen LogP contribution < -0.4 is 11.1 Å². The second-order valence-electron chi connectivity index (χ2n) is 7.21. The first-order valence-corrected chi connectivity index (χ1v) is 8.27. The minimum Gasteiger partial charge on any atom is -0.380 e. The van der Waals surface area contributed by atoms with E-state index < -0.39 is 29.0 Å². The molecule has 140 valence electrons. The van der Waals surface area contributed by atoms with E-state index in [2.05, 4.69) is 5.32 Å². The number of carbonyl (C=O) groups is 1. The van der Waals surface area contributed by atoms with E-state index in [4.69, 9.17) is 10.5 Å². The Morgan fingerprint density at radius 2 is 1.69 bits per heavy atom. The molecule has 0 fully saturated rings. The van der Waals surface area contributed by atoms with Crippen LogP contribution in [0.2, 0.25) is 0 Å². The molecule has 0 spiro atoms. The molecular formula is C20H24F2N2O2. The van der Waals surface area contributed by atoms with E-state index >= 15 is 0 Å². The minimum absolute atomic E-state index is 0.0199. The summed E-state index contributed by atoms with van der Waals surface area (Å²) in [6.07, 6.45) is 0. The molecule has 4 nitrogen and oxygen atoms in total. The first-order chi connectivity index (χ1) is 12.1. The largest absolute Gasteiger partial charge is 0.380 e. The van der Waals surface area contributed by atoms with Gasteiger partial charge in [-0.3, -0.25) is 4.79 Å². The van der Waals surface area contributed by atoms with Crippen LogP contribution in [0.1, 0.15) is 43.5 Å². The lowest BCUT2D eigenvalue weighted by atomic mass is 9.86. The van der Waals surface area contributed by atoms with Gasteiger partial charge in [0.15, 0.2) is 0 Å². The fourth-order valence-electron chi connectivity index (χ4n) is 2.72. The molecule has 2 aromatic carbocycles. The highest BCUT2D eigenvalue weighted by molar-refractivity contribution is 5.95. The van der Waals surface area contributed by atoms with Gasteiger partial charge in [0.1, 0.15) is 17.7 Å². The van der Waals surface area contributed by atoms with Crippen molar-refractivity contribution in [3.8, 4) is 0 Å². The lowest BCUT2D eigenvalue weighted by Gasteiger charge is -2.21. The highest BCUT2D eigenvalue weighted by Gasteiger charge is 2.24. The number of hydrogen-bond donors (Lipinski definition) is 2. The Hall–Kier alpha value is -2.31. The van der Waals surface area contributed by atoms with Crippen LogP contribution in [0.15, 0.2) is 36.4 Å². The van der Waals surface area contributed by atoms with Crippen LogP contribution in [-0.2, 0) is 21.6 Å². The Balaban J connectivity index is 2.16. The van der Waals surface area contributed by atoms with E-state index in [0.717, 1.165) is 17.7 Å². The van der Waals surface area contributed by atoms with Gasteiger partial charge in [-0.2, -0.15) is 0 Å². The Morgan fingerprint density at radius 1 is 1.15 bits per heavy atom. The van der Waals surface area contributed by atoms with Crippen LogP contribution in [0.3, 0.4) is 0 Å². The van der Waals surface area contributed by atoms with E-state index in [-0.39, 0.29) is 11.3 Å². The van der Waals surface area contributed by atoms with Gasteiger partial charge in [0.2, 0.25) is 5.91 Å². The van der Waals surface area contributed by atoms with Crippen LogP contribution >= 0.6 is 0 Å². The standard InChI is InChI=1S/C20H24F2N2O2/c1-20(2,3)17-15(21)9-14(10-16(17)22)24-19(25)18(23)13-7-5-12(6-8-13)11-26-4/h5-10,18H,11,23H2,1-4H3,(H,24,25)/t18-/m1/s1. The van der Waals surface area contributed by atoms with Crippen molar-refractivity contribution in [2.24, 2.45) is 5.73 Å². The molecule has 2 aromatic rings. The van der Waals surface area contributed by atoms with Gasteiger partial charge in [0, 0.05) is 18.4 Å². The van der Waals surface area contributed by atoms with Crippen molar-refractivity contribution in [1.29, 1.82) is 0 Å². The summed E-state index contributed by atoms with van der Waals surface area (Å²) in [5.74, 6) is -1.96. The first kappa shape index (κ1) is 20.0. The van der Waals surface area contributed by atoms with E-state index in [0.29, 0.717) is 12.2 Å². The normalized spacial score (nSPS) is 12.7. The number of amides is 1. The fourth-order valence-corrected chi connectivity index (χ4v) is 2.72. The van der Waals surface area contributed by atoms with Crippen molar-refractivity contribution < 1.29 is 18.3 Å². The summed E-state index contributed by atoms with van der Waals surface area (Å²) in [7, 11) is 1.59. The minimum atomic E-state index is -0.958. The average molecular weight is 362 g/mol. The fraction of sp³-hybridized carbons (Fsp3) is 0.350. The number of carbonyl (C=O) groups excluding carboxylic acids is 1. The predicted octanol–water partition coefficient (Wildman–Crippen LogP) is 4.05. The molecule has 3 N–H and O–H groups in total. The van der Waals surface area contributed by atoms with Crippen LogP contribution in [-0.4, -0.2) is 13.0 Å². The van der Waals surface area contributed by atoms with Gasteiger partial charge in [-0.05, 0) is 28.7 Å². The van der Waals surface area contributed by atoms with Gasteiger partial charge < -0.3 is 15.8 Å². The third-order valence-corrected chi connectivity index (χ3v) is 3.99. The van der Waals surface area contributed by atoms with Crippen LogP contribution in [0, 0.1) is 11.6 Å². The highest BCUT2D eigenvalue weighted by atomic mass is 19.1. The molecule has 0 unspecified atom stereocenters. The lowest BCUT2D eigenvalue weighted by Crippen LogP contribution is -2.28. The SMILES string of the molecule is COCc1ccc([C@@H](N)C(=O)Nc2cc(F)c(C(C)(C)C)c(F)c2)cc1. The molecule has 1 atom stereocenters. The maximum absolute atomic E-state index is 14.3. The molecule has 0 heterocycles. The number of hydrogen-bond acceptors (Lipinski definition) is 3. The second-order valence-corrected chi connectivity index (χ2v) is 7.21. The second kappa shape index (κ2) is 7.93. The number of halogens is 2. The average Bonchev–Trinajstić information content (AvgIpc) is 2.53. The molecule has 0 aliphatic carbocycles. The van der Waals surface area contributed by atoms with E-state index in [9.17, 15) is 13.6 Å². The number of rotatable bonds is 5. The Bertz CT molecular complexity index is 760. The van der Waals surface area contributed by atoms with Gasteiger partial charge in [-0.15, -0.1) is 0 Å². The zero-order chi connectivity index (χ0) is 19.5. The van der Waals surface area contributed by atoms with Crippen molar-refractivity contribution in [2.45, 2.75) is 38.8 Å². The van der Waals surface area contributed by atoms with Crippen molar-refractivity contribution in [1.82, 2.24) is 0 Å². The lowest BCUT2D eigenvalue weighted by molar-refractivity contribution is -0.117. The third kappa shape index (κ3) is 4.65. The van der Waals surface area contributed by atoms with Crippen molar-refractivity contribution in [2.75, 3.05) is 12.4 Å². The Morgan fingerprint density at radius 3 is 2.15 bits per heavy atom. The Kier molecular flexibility index (Phi) is 6.10. The third-order valence-electron chi connectivity index (χ3n) is 3.99. The molecule has 0 saturated carbocycles. The zero-order valence-electron chi connectivity index (χ0n) is 15.4. The smallest absolute Gasteiger partial charge is 0.245 e. The molecule has 26 heavy (non-hydrogen) atoms. The van der Waals surface area contributed by atoms with Gasteiger partial charge >= 0.3 is 0 Å². The number of nitrogens with two attached hydrogens (primary N) is 1. The Labute approximate surface area is 152 Å². The molecule has 0 aliphatic heterocycles. The monoisotopic (exact) mass is 362 g/mol. The molecule has 0 saturated heterocycles. The predicted molar refractivity (Wildman–Crippen MR) is 97.8 cm³/mol. The summed E-state index contributed by atoms with van der Waals surface area (Å²) in [5, 5.41) is 2.47. The van der Waals surface area contributed by atoms with Gasteiger partial charge in [-0.25, -0.2) is 8.78 Å². The molecule has 0 aliphatic rings.